The van der Waals surface area contributed by atoms with Crippen molar-refractivity contribution in [3.8, 4) is 17.0 Å². The van der Waals surface area contributed by atoms with Crippen LogP contribution in [0.2, 0.25) is 0 Å². The molecule has 25 heavy (non-hydrogen) atoms. The summed E-state index contributed by atoms with van der Waals surface area (Å²) in [4.78, 5) is 4.05. The maximum atomic E-state index is 10.3. The van der Waals surface area contributed by atoms with E-state index in [-0.39, 0.29) is 0 Å². The minimum absolute atomic E-state index is 0.455. The van der Waals surface area contributed by atoms with E-state index in [2.05, 4.69) is 15.4 Å². The first-order valence-corrected chi connectivity index (χ1v) is 8.13. The lowest BCUT2D eigenvalue weighted by atomic mass is 10.1. The molecule has 2 aromatic heterocycles. The average molecular weight is 338 g/mol. The number of aliphatic hydroxyl groups is 1. The Kier molecular flexibility index (Phi) is 5.42. The van der Waals surface area contributed by atoms with Gasteiger partial charge in [-0.25, -0.2) is 0 Å². The summed E-state index contributed by atoms with van der Waals surface area (Å²) >= 11 is 0. The van der Waals surface area contributed by atoms with Crippen molar-refractivity contribution in [2.75, 3.05) is 13.7 Å². The zero-order chi connectivity index (χ0) is 17.6. The number of pyridine rings is 1. The van der Waals surface area contributed by atoms with E-state index in [9.17, 15) is 5.11 Å². The normalized spacial score (nSPS) is 12.1. The molecule has 1 aromatic carbocycles. The molecule has 1 unspecified atom stereocenters. The summed E-state index contributed by atoms with van der Waals surface area (Å²) in [6, 6.07) is 11.3. The quantitative estimate of drug-likeness (QED) is 0.692. The monoisotopic (exact) mass is 338 g/mol. The van der Waals surface area contributed by atoms with Crippen LogP contribution in [0, 0.1) is 0 Å². The van der Waals surface area contributed by atoms with Gasteiger partial charge >= 0.3 is 0 Å². The van der Waals surface area contributed by atoms with Crippen LogP contribution in [0.25, 0.3) is 11.3 Å². The summed E-state index contributed by atoms with van der Waals surface area (Å²) in [5.41, 5.74) is 3.89. The second-order valence-electron chi connectivity index (χ2n) is 5.83. The third kappa shape index (κ3) is 4.23. The summed E-state index contributed by atoms with van der Waals surface area (Å²) < 4.78 is 6.93. The maximum Gasteiger partial charge on any atom is 0.118 e. The van der Waals surface area contributed by atoms with Crippen LogP contribution in [0.4, 0.5) is 0 Å². The van der Waals surface area contributed by atoms with Crippen molar-refractivity contribution in [2.24, 2.45) is 7.05 Å². The number of methoxy groups -OCH3 is 1. The molecule has 6 nitrogen and oxygen atoms in total. The predicted molar refractivity (Wildman–Crippen MR) is 96.1 cm³/mol. The molecule has 0 aliphatic rings. The Morgan fingerprint density at radius 3 is 2.56 bits per heavy atom. The van der Waals surface area contributed by atoms with Crippen LogP contribution in [-0.2, 0) is 13.6 Å². The van der Waals surface area contributed by atoms with E-state index in [1.807, 2.05) is 49.6 Å². The van der Waals surface area contributed by atoms with E-state index >= 15 is 0 Å². The number of benzene rings is 1. The fraction of sp³-hybridized carbons (Fsp3) is 0.263. The van der Waals surface area contributed by atoms with E-state index < -0.39 is 6.10 Å². The van der Waals surface area contributed by atoms with Crippen molar-refractivity contribution in [2.45, 2.75) is 12.6 Å². The average Bonchev–Trinajstić information content (AvgIpc) is 3.03. The van der Waals surface area contributed by atoms with E-state index in [1.54, 1.807) is 24.2 Å². The first-order valence-electron chi connectivity index (χ1n) is 8.13. The molecule has 0 spiro atoms. The lowest BCUT2D eigenvalue weighted by Gasteiger charge is -2.13. The molecule has 2 N–H and O–H groups in total. The van der Waals surface area contributed by atoms with Gasteiger partial charge in [-0.2, -0.15) is 5.10 Å². The minimum Gasteiger partial charge on any atom is -0.497 e. The minimum atomic E-state index is -0.577. The number of aliphatic hydroxyl groups excluding tert-OH is 1. The molecule has 0 saturated heterocycles. The summed E-state index contributed by atoms with van der Waals surface area (Å²) in [6.07, 6.45) is 4.93. The molecule has 2 heterocycles. The van der Waals surface area contributed by atoms with Crippen LogP contribution >= 0.6 is 0 Å². The highest BCUT2D eigenvalue weighted by atomic mass is 16.5. The standard InChI is InChI=1S/C19H22N4O2/c1-23-13-16(19(22-23)15-7-9-20-10-8-15)11-21-12-18(24)14-3-5-17(25-2)6-4-14/h3-10,13,18,21,24H,11-12H2,1-2H3. The van der Waals surface area contributed by atoms with Crippen molar-refractivity contribution in [3.63, 3.8) is 0 Å². The SMILES string of the molecule is COc1ccc(C(O)CNCc2cn(C)nc2-c2ccncc2)cc1. The first kappa shape index (κ1) is 17.1. The Labute approximate surface area is 147 Å². The second kappa shape index (κ2) is 7.92. The van der Waals surface area contributed by atoms with E-state index in [4.69, 9.17) is 4.74 Å². The van der Waals surface area contributed by atoms with Gasteiger partial charge in [0, 0.05) is 49.9 Å². The number of aromatic nitrogens is 3. The number of hydrogen-bond acceptors (Lipinski definition) is 5. The fourth-order valence-corrected chi connectivity index (χ4v) is 2.71. The third-order valence-electron chi connectivity index (χ3n) is 4.01. The third-order valence-corrected chi connectivity index (χ3v) is 4.01. The molecule has 3 aromatic rings. The fourth-order valence-electron chi connectivity index (χ4n) is 2.71. The van der Waals surface area contributed by atoms with Gasteiger partial charge in [-0.1, -0.05) is 12.1 Å². The Morgan fingerprint density at radius 1 is 1.16 bits per heavy atom. The van der Waals surface area contributed by atoms with E-state index in [1.165, 1.54) is 0 Å². The highest BCUT2D eigenvalue weighted by Crippen LogP contribution is 2.21. The predicted octanol–water partition coefficient (Wildman–Crippen LogP) is 2.31. The van der Waals surface area contributed by atoms with Crippen LogP contribution in [0.15, 0.2) is 55.0 Å². The molecule has 3 rings (SSSR count). The molecule has 6 heteroatoms. The Bertz CT molecular complexity index is 800. The van der Waals surface area contributed by atoms with Gasteiger partial charge < -0.3 is 15.2 Å². The van der Waals surface area contributed by atoms with Crippen molar-refractivity contribution in [1.29, 1.82) is 0 Å². The second-order valence-corrected chi connectivity index (χ2v) is 5.83. The van der Waals surface area contributed by atoms with Gasteiger partial charge in [0.2, 0.25) is 0 Å². The molecule has 0 fully saturated rings. The Morgan fingerprint density at radius 2 is 1.88 bits per heavy atom. The zero-order valence-electron chi connectivity index (χ0n) is 14.4. The van der Waals surface area contributed by atoms with Crippen LogP contribution in [0.5, 0.6) is 5.75 Å². The molecule has 0 aliphatic heterocycles. The summed E-state index contributed by atoms with van der Waals surface area (Å²) in [7, 11) is 3.53. The number of ether oxygens (including phenoxy) is 1. The van der Waals surface area contributed by atoms with Crippen molar-refractivity contribution in [1.82, 2.24) is 20.1 Å². The van der Waals surface area contributed by atoms with Gasteiger partial charge in [0.05, 0.1) is 18.9 Å². The van der Waals surface area contributed by atoms with Gasteiger partial charge in [-0.05, 0) is 29.8 Å². The zero-order valence-corrected chi connectivity index (χ0v) is 14.4. The molecule has 0 aliphatic carbocycles. The Balaban J connectivity index is 1.62. The highest BCUT2D eigenvalue weighted by Gasteiger charge is 2.11. The molecule has 130 valence electrons. The number of aryl methyl sites for hydroxylation is 1. The number of nitrogens with zero attached hydrogens (tertiary/aromatic N) is 3. The van der Waals surface area contributed by atoms with Gasteiger partial charge in [0.25, 0.3) is 0 Å². The molecule has 0 saturated carbocycles. The van der Waals surface area contributed by atoms with Crippen molar-refractivity contribution >= 4 is 0 Å². The van der Waals surface area contributed by atoms with Gasteiger partial charge in [0.15, 0.2) is 0 Å². The maximum absolute atomic E-state index is 10.3. The molecule has 1 atom stereocenters. The van der Waals surface area contributed by atoms with Gasteiger partial charge in [0.1, 0.15) is 5.75 Å². The highest BCUT2D eigenvalue weighted by molar-refractivity contribution is 5.61. The van der Waals surface area contributed by atoms with Crippen LogP contribution < -0.4 is 10.1 Å². The van der Waals surface area contributed by atoms with Gasteiger partial charge in [-0.15, -0.1) is 0 Å². The lowest BCUT2D eigenvalue weighted by Crippen LogP contribution is -2.21. The molecular formula is C19H22N4O2. The Hall–Kier alpha value is -2.70. The molecular weight excluding hydrogens is 316 g/mol. The molecule has 0 amide bonds. The van der Waals surface area contributed by atoms with E-state index in [0.717, 1.165) is 28.1 Å². The van der Waals surface area contributed by atoms with Crippen molar-refractivity contribution in [3.05, 3.63) is 66.1 Å². The topological polar surface area (TPSA) is 72.2 Å². The molecule has 0 bridgehead atoms. The van der Waals surface area contributed by atoms with Crippen molar-refractivity contribution < 1.29 is 9.84 Å². The van der Waals surface area contributed by atoms with Gasteiger partial charge in [-0.3, -0.25) is 9.67 Å². The van der Waals surface area contributed by atoms with E-state index in [0.29, 0.717) is 13.1 Å². The van der Waals surface area contributed by atoms with Crippen LogP contribution in [0.1, 0.15) is 17.2 Å². The van der Waals surface area contributed by atoms with Crippen LogP contribution in [-0.4, -0.2) is 33.5 Å². The first-order chi connectivity index (χ1) is 12.2. The largest absolute Gasteiger partial charge is 0.497 e. The summed E-state index contributed by atoms with van der Waals surface area (Å²) in [5, 5.41) is 18.2. The lowest BCUT2D eigenvalue weighted by molar-refractivity contribution is 0.174. The summed E-state index contributed by atoms with van der Waals surface area (Å²) in [5.74, 6) is 0.779. The van der Waals surface area contributed by atoms with Crippen LogP contribution in [0.3, 0.4) is 0 Å². The number of nitrogens with one attached hydrogen (secondary N) is 1. The number of hydrogen-bond donors (Lipinski definition) is 2. The smallest absolute Gasteiger partial charge is 0.118 e. The summed E-state index contributed by atoms with van der Waals surface area (Å²) in [6.45, 7) is 1.08. The molecule has 0 radical (unpaired) electrons. The number of rotatable bonds is 7.